The number of carbonyl (C=O) groups excluding carboxylic acids is 1. The molecule has 0 bridgehead atoms. The van der Waals surface area contributed by atoms with E-state index in [2.05, 4.69) is 6.92 Å². The number of hydrogen-bond donors (Lipinski definition) is 0. The van der Waals surface area contributed by atoms with E-state index in [1.807, 2.05) is 4.90 Å². The summed E-state index contributed by atoms with van der Waals surface area (Å²) in [6, 6.07) is 10.6. The molecule has 0 atom stereocenters. The van der Waals surface area contributed by atoms with E-state index in [0.29, 0.717) is 56.4 Å². The average Bonchev–Trinajstić information content (AvgIpc) is 2.81. The minimum atomic E-state index is -4.37. The molecule has 1 saturated heterocycles. The summed E-state index contributed by atoms with van der Waals surface area (Å²) in [5, 5.41) is 0. The number of halogens is 3. The third-order valence-electron chi connectivity index (χ3n) is 5.53. The van der Waals surface area contributed by atoms with Crippen molar-refractivity contribution in [1.82, 2.24) is 4.90 Å². The summed E-state index contributed by atoms with van der Waals surface area (Å²) < 4.78 is 50.1. The van der Waals surface area contributed by atoms with Gasteiger partial charge in [0.2, 0.25) is 0 Å². The van der Waals surface area contributed by atoms with Gasteiger partial charge in [-0.1, -0.05) is 19.4 Å². The number of nitrogens with zero attached hydrogens (tertiary/aromatic N) is 2. The van der Waals surface area contributed by atoms with Crippen molar-refractivity contribution < 1.29 is 27.4 Å². The second-order valence-corrected chi connectivity index (χ2v) is 7.76. The van der Waals surface area contributed by atoms with Gasteiger partial charge < -0.3 is 19.3 Å². The molecule has 1 fully saturated rings. The van der Waals surface area contributed by atoms with Crippen LogP contribution in [-0.4, -0.2) is 50.7 Å². The van der Waals surface area contributed by atoms with Crippen LogP contribution < -0.4 is 9.64 Å². The standard InChI is InChI=1S/C24H29F3N2O3/c1-3-4-14-32-17-19-15-18(8-9-22(19)31-2)23(30)29-12-10-28(11-13-29)21-7-5-6-20(16-21)24(25,26)27/h5-9,15-16H,3-4,10-14,17H2,1-2H3. The van der Waals surface area contributed by atoms with Gasteiger partial charge in [0.25, 0.3) is 5.91 Å². The predicted octanol–water partition coefficient (Wildman–Crippen LogP) is 4.99. The van der Waals surface area contributed by atoms with Gasteiger partial charge in [0.1, 0.15) is 5.75 Å². The monoisotopic (exact) mass is 450 g/mol. The van der Waals surface area contributed by atoms with Gasteiger partial charge in [-0.2, -0.15) is 13.2 Å². The normalized spacial score (nSPS) is 14.5. The van der Waals surface area contributed by atoms with Gasteiger partial charge >= 0.3 is 6.18 Å². The molecule has 2 aromatic carbocycles. The summed E-state index contributed by atoms with van der Waals surface area (Å²) in [6.45, 7) is 4.91. The molecular weight excluding hydrogens is 421 g/mol. The number of unbranched alkanes of at least 4 members (excludes halogenated alkanes) is 1. The Morgan fingerprint density at radius 1 is 1.06 bits per heavy atom. The lowest BCUT2D eigenvalue weighted by atomic mass is 10.1. The number of ether oxygens (including phenoxy) is 2. The van der Waals surface area contributed by atoms with Gasteiger partial charge in [0, 0.05) is 49.6 Å². The first-order valence-electron chi connectivity index (χ1n) is 10.8. The lowest BCUT2D eigenvalue weighted by Crippen LogP contribution is -2.48. The Hall–Kier alpha value is -2.74. The first-order chi connectivity index (χ1) is 15.3. The fraction of sp³-hybridized carbons (Fsp3) is 0.458. The smallest absolute Gasteiger partial charge is 0.416 e. The van der Waals surface area contributed by atoms with Gasteiger partial charge in [-0.3, -0.25) is 4.79 Å². The van der Waals surface area contributed by atoms with E-state index in [9.17, 15) is 18.0 Å². The topological polar surface area (TPSA) is 42.0 Å². The SMILES string of the molecule is CCCCOCc1cc(C(=O)N2CCN(c3cccc(C(F)(F)F)c3)CC2)ccc1OC. The summed E-state index contributed by atoms with van der Waals surface area (Å²) in [4.78, 5) is 16.6. The van der Waals surface area contributed by atoms with Gasteiger partial charge in [-0.25, -0.2) is 0 Å². The van der Waals surface area contributed by atoms with E-state index in [1.165, 1.54) is 6.07 Å². The van der Waals surface area contributed by atoms with Crippen LogP contribution >= 0.6 is 0 Å². The number of benzene rings is 2. The van der Waals surface area contributed by atoms with Crippen LogP contribution in [0.3, 0.4) is 0 Å². The Balaban J connectivity index is 1.64. The lowest BCUT2D eigenvalue weighted by molar-refractivity contribution is -0.137. The Bertz CT molecular complexity index is 910. The van der Waals surface area contributed by atoms with E-state index < -0.39 is 11.7 Å². The van der Waals surface area contributed by atoms with E-state index in [0.717, 1.165) is 30.5 Å². The first kappa shape index (κ1) is 23.9. The fourth-order valence-corrected chi connectivity index (χ4v) is 3.68. The van der Waals surface area contributed by atoms with E-state index in [-0.39, 0.29) is 5.91 Å². The quantitative estimate of drug-likeness (QED) is 0.532. The minimum Gasteiger partial charge on any atom is -0.496 e. The summed E-state index contributed by atoms with van der Waals surface area (Å²) in [6.07, 6.45) is -2.36. The Kier molecular flexibility index (Phi) is 8.01. The molecule has 0 radical (unpaired) electrons. The van der Waals surface area contributed by atoms with Crippen LogP contribution in [0.4, 0.5) is 18.9 Å². The number of piperazine rings is 1. The summed E-state index contributed by atoms with van der Waals surface area (Å²) in [5.41, 5.74) is 1.22. The molecule has 174 valence electrons. The molecule has 0 aromatic heterocycles. The van der Waals surface area contributed by atoms with Crippen LogP contribution in [0.5, 0.6) is 5.75 Å². The average molecular weight is 451 g/mol. The van der Waals surface area contributed by atoms with Crippen molar-refractivity contribution >= 4 is 11.6 Å². The lowest BCUT2D eigenvalue weighted by Gasteiger charge is -2.36. The molecule has 0 aliphatic carbocycles. The molecule has 0 spiro atoms. The Morgan fingerprint density at radius 2 is 1.81 bits per heavy atom. The number of alkyl halides is 3. The van der Waals surface area contributed by atoms with E-state index in [1.54, 1.807) is 36.3 Å². The second-order valence-electron chi connectivity index (χ2n) is 7.76. The number of methoxy groups -OCH3 is 1. The molecule has 32 heavy (non-hydrogen) atoms. The first-order valence-corrected chi connectivity index (χ1v) is 10.8. The highest BCUT2D eigenvalue weighted by atomic mass is 19.4. The summed E-state index contributed by atoms with van der Waals surface area (Å²) in [5.74, 6) is 0.568. The van der Waals surface area contributed by atoms with Crippen molar-refractivity contribution in [1.29, 1.82) is 0 Å². The van der Waals surface area contributed by atoms with Crippen molar-refractivity contribution in [3.05, 3.63) is 59.2 Å². The maximum atomic E-state index is 13.0. The van der Waals surface area contributed by atoms with Crippen molar-refractivity contribution in [2.24, 2.45) is 0 Å². The largest absolute Gasteiger partial charge is 0.496 e. The fourth-order valence-electron chi connectivity index (χ4n) is 3.68. The number of carbonyl (C=O) groups is 1. The second kappa shape index (κ2) is 10.7. The molecule has 1 heterocycles. The highest BCUT2D eigenvalue weighted by molar-refractivity contribution is 5.94. The third kappa shape index (κ3) is 5.94. The van der Waals surface area contributed by atoms with Crippen LogP contribution in [0, 0.1) is 0 Å². The van der Waals surface area contributed by atoms with E-state index in [4.69, 9.17) is 9.47 Å². The molecule has 0 N–H and O–H groups in total. The highest BCUT2D eigenvalue weighted by Crippen LogP contribution is 2.32. The molecule has 1 aliphatic heterocycles. The Labute approximate surface area is 186 Å². The maximum Gasteiger partial charge on any atom is 0.416 e. The van der Waals surface area contributed by atoms with Crippen molar-refractivity contribution in [3.8, 4) is 5.75 Å². The molecule has 8 heteroatoms. The zero-order chi connectivity index (χ0) is 23.1. The number of anilines is 1. The van der Waals surface area contributed by atoms with Gasteiger partial charge in [-0.15, -0.1) is 0 Å². The molecule has 3 rings (SSSR count). The summed E-state index contributed by atoms with van der Waals surface area (Å²) >= 11 is 0. The van der Waals surface area contributed by atoms with Crippen LogP contribution in [0.1, 0.15) is 41.3 Å². The third-order valence-corrected chi connectivity index (χ3v) is 5.53. The van der Waals surface area contributed by atoms with Crippen molar-refractivity contribution in [2.75, 3.05) is 44.8 Å². The maximum absolute atomic E-state index is 13.0. The zero-order valence-corrected chi connectivity index (χ0v) is 18.5. The molecule has 5 nitrogen and oxygen atoms in total. The van der Waals surface area contributed by atoms with Crippen LogP contribution in [0.2, 0.25) is 0 Å². The molecule has 0 saturated carbocycles. The number of amides is 1. The molecular formula is C24H29F3N2O3. The van der Waals surface area contributed by atoms with E-state index >= 15 is 0 Å². The Morgan fingerprint density at radius 3 is 2.47 bits per heavy atom. The van der Waals surface area contributed by atoms with Crippen molar-refractivity contribution in [3.63, 3.8) is 0 Å². The van der Waals surface area contributed by atoms with Gasteiger partial charge in [0.15, 0.2) is 0 Å². The predicted molar refractivity (Wildman–Crippen MR) is 117 cm³/mol. The molecule has 2 aromatic rings. The molecule has 0 unspecified atom stereocenters. The molecule has 1 aliphatic rings. The number of rotatable bonds is 8. The minimum absolute atomic E-state index is 0.105. The van der Waals surface area contributed by atoms with Gasteiger partial charge in [0.05, 0.1) is 19.3 Å². The van der Waals surface area contributed by atoms with Crippen LogP contribution in [0.15, 0.2) is 42.5 Å². The van der Waals surface area contributed by atoms with Gasteiger partial charge in [-0.05, 0) is 42.8 Å². The van der Waals surface area contributed by atoms with Crippen molar-refractivity contribution in [2.45, 2.75) is 32.5 Å². The zero-order valence-electron chi connectivity index (χ0n) is 18.5. The van der Waals surface area contributed by atoms with Crippen LogP contribution in [-0.2, 0) is 17.5 Å². The van der Waals surface area contributed by atoms with Crippen LogP contribution in [0.25, 0.3) is 0 Å². The summed E-state index contributed by atoms with van der Waals surface area (Å²) in [7, 11) is 1.58. The highest BCUT2D eigenvalue weighted by Gasteiger charge is 2.31. The molecule has 1 amide bonds. The number of hydrogen-bond acceptors (Lipinski definition) is 4.